The lowest BCUT2D eigenvalue weighted by Gasteiger charge is -2.36. The standard InChI is InChI=1S/C24H26F2N4O3S/c1-13-9-15(14(2)11-27-19-18(21(32)33)28-12-34-19)17-16(10-13)20(31)30-8-7-23(22(30)29-17)3-5-24(25,26)6-4-23/h9-10,12,14,27H,3-8,11H2,1-2H3,(H,32,33)/t14-/m0/s1. The van der Waals surface area contributed by atoms with E-state index < -0.39 is 17.3 Å². The SMILES string of the molecule is Cc1cc([C@@H](C)CNc2scnc2C(=O)O)c2nc3n(c(=O)c2c1)CCC31CCC(F)(F)CC1. The van der Waals surface area contributed by atoms with Crippen LogP contribution < -0.4 is 10.9 Å². The van der Waals surface area contributed by atoms with E-state index in [-0.39, 0.29) is 30.0 Å². The Hall–Kier alpha value is -2.88. The lowest BCUT2D eigenvalue weighted by Crippen LogP contribution is -2.37. The van der Waals surface area contributed by atoms with Crippen LogP contribution in [0.4, 0.5) is 13.8 Å². The van der Waals surface area contributed by atoms with Gasteiger partial charge in [0.1, 0.15) is 10.8 Å². The molecule has 1 spiro atoms. The first kappa shape index (κ1) is 22.9. The maximum absolute atomic E-state index is 13.9. The molecule has 0 bridgehead atoms. The lowest BCUT2D eigenvalue weighted by atomic mass is 9.71. The van der Waals surface area contributed by atoms with Gasteiger partial charge in [-0.3, -0.25) is 9.36 Å². The number of hydrogen-bond donors (Lipinski definition) is 2. The van der Waals surface area contributed by atoms with E-state index in [9.17, 15) is 23.5 Å². The van der Waals surface area contributed by atoms with Crippen LogP contribution in [0.15, 0.2) is 22.4 Å². The smallest absolute Gasteiger partial charge is 0.357 e. The quantitative estimate of drug-likeness (QED) is 0.529. The van der Waals surface area contributed by atoms with Crippen molar-refractivity contribution in [1.82, 2.24) is 14.5 Å². The highest BCUT2D eigenvalue weighted by molar-refractivity contribution is 7.14. The number of carboxylic acids is 1. The fraction of sp³-hybridized carbons (Fsp3) is 0.500. The van der Waals surface area contributed by atoms with Crippen LogP contribution in [0.5, 0.6) is 0 Å². The number of anilines is 1. The highest BCUT2D eigenvalue weighted by Crippen LogP contribution is 2.49. The number of rotatable bonds is 5. The molecule has 2 N–H and O–H groups in total. The fourth-order valence-electron chi connectivity index (χ4n) is 5.38. The van der Waals surface area contributed by atoms with Crippen molar-refractivity contribution in [1.29, 1.82) is 0 Å². The summed E-state index contributed by atoms with van der Waals surface area (Å²) in [7, 11) is 0. The van der Waals surface area contributed by atoms with Crippen LogP contribution in [0.2, 0.25) is 0 Å². The number of alkyl halides is 2. The molecule has 180 valence electrons. The van der Waals surface area contributed by atoms with Gasteiger partial charge >= 0.3 is 5.97 Å². The van der Waals surface area contributed by atoms with Gasteiger partial charge in [0, 0.05) is 37.3 Å². The van der Waals surface area contributed by atoms with Gasteiger partial charge < -0.3 is 10.4 Å². The summed E-state index contributed by atoms with van der Waals surface area (Å²) in [6.45, 7) is 4.86. The number of carboxylic acid groups (broad SMARTS) is 1. The molecule has 1 fully saturated rings. The van der Waals surface area contributed by atoms with Gasteiger partial charge in [-0.1, -0.05) is 13.0 Å². The maximum Gasteiger partial charge on any atom is 0.357 e. The van der Waals surface area contributed by atoms with Crippen molar-refractivity contribution >= 4 is 33.2 Å². The van der Waals surface area contributed by atoms with Crippen molar-refractivity contribution in [2.75, 3.05) is 11.9 Å². The molecule has 5 rings (SSSR count). The second-order valence-electron chi connectivity index (χ2n) is 9.65. The zero-order chi connectivity index (χ0) is 24.3. The van der Waals surface area contributed by atoms with E-state index in [0.29, 0.717) is 54.1 Å². The number of aryl methyl sites for hydroxylation is 1. The number of fused-ring (bicyclic) bond motifs is 3. The minimum Gasteiger partial charge on any atom is -0.476 e. The molecule has 3 heterocycles. The molecule has 1 atom stereocenters. The Balaban J connectivity index is 1.54. The van der Waals surface area contributed by atoms with Crippen LogP contribution in [-0.2, 0) is 12.0 Å². The molecule has 0 radical (unpaired) electrons. The predicted octanol–water partition coefficient (Wildman–Crippen LogP) is 4.93. The zero-order valence-electron chi connectivity index (χ0n) is 19.0. The van der Waals surface area contributed by atoms with Crippen LogP contribution in [-0.4, -0.2) is 38.1 Å². The van der Waals surface area contributed by atoms with Gasteiger partial charge in [-0.25, -0.2) is 23.5 Å². The Labute approximate surface area is 198 Å². The number of benzene rings is 1. The maximum atomic E-state index is 13.9. The molecule has 1 aromatic carbocycles. The van der Waals surface area contributed by atoms with Gasteiger partial charge in [0.2, 0.25) is 5.92 Å². The summed E-state index contributed by atoms with van der Waals surface area (Å²) in [6, 6.07) is 3.84. The summed E-state index contributed by atoms with van der Waals surface area (Å²) in [6.07, 6.45) is 0.973. The second kappa shape index (κ2) is 8.11. The molecule has 2 aromatic heterocycles. The summed E-state index contributed by atoms with van der Waals surface area (Å²) in [5.41, 5.74) is 3.30. The molecule has 34 heavy (non-hydrogen) atoms. The van der Waals surface area contributed by atoms with Crippen molar-refractivity contribution in [2.24, 2.45) is 0 Å². The molecule has 3 aromatic rings. The third kappa shape index (κ3) is 3.77. The minimum absolute atomic E-state index is 0.0171. The van der Waals surface area contributed by atoms with Crippen molar-refractivity contribution in [2.45, 2.75) is 69.8 Å². The minimum atomic E-state index is -2.65. The predicted molar refractivity (Wildman–Crippen MR) is 126 cm³/mol. The first-order chi connectivity index (χ1) is 16.1. The summed E-state index contributed by atoms with van der Waals surface area (Å²) >= 11 is 1.22. The summed E-state index contributed by atoms with van der Waals surface area (Å²) in [5, 5.41) is 13.5. The number of carbonyl (C=O) groups is 1. The number of hydrogen-bond acceptors (Lipinski definition) is 6. The number of nitrogens with zero attached hydrogens (tertiary/aromatic N) is 3. The highest BCUT2D eigenvalue weighted by Gasteiger charge is 2.49. The van der Waals surface area contributed by atoms with E-state index in [1.165, 1.54) is 16.8 Å². The zero-order valence-corrected chi connectivity index (χ0v) is 19.8. The fourth-order valence-corrected chi connectivity index (χ4v) is 6.06. The molecule has 7 nitrogen and oxygen atoms in total. The molecule has 1 aliphatic heterocycles. The van der Waals surface area contributed by atoms with E-state index in [2.05, 4.69) is 10.3 Å². The van der Waals surface area contributed by atoms with Crippen LogP contribution in [0.25, 0.3) is 10.9 Å². The van der Waals surface area contributed by atoms with Gasteiger partial charge in [0.15, 0.2) is 5.69 Å². The van der Waals surface area contributed by atoms with Crippen molar-refractivity contribution in [3.05, 3.63) is 50.6 Å². The Kier molecular flexibility index (Phi) is 5.46. The van der Waals surface area contributed by atoms with Crippen molar-refractivity contribution in [3.8, 4) is 0 Å². The molecular weight excluding hydrogens is 462 g/mol. The van der Waals surface area contributed by atoms with E-state index in [0.717, 1.165) is 11.1 Å². The van der Waals surface area contributed by atoms with E-state index in [1.54, 1.807) is 4.57 Å². The van der Waals surface area contributed by atoms with Gasteiger partial charge in [0.25, 0.3) is 5.56 Å². The monoisotopic (exact) mass is 488 g/mol. The Bertz CT molecular complexity index is 1340. The summed E-state index contributed by atoms with van der Waals surface area (Å²) in [5.74, 6) is -3.19. The van der Waals surface area contributed by atoms with Gasteiger partial charge in [-0.05, 0) is 43.4 Å². The Morgan fingerprint density at radius 1 is 1.26 bits per heavy atom. The molecular formula is C24H26F2N4O3S. The second-order valence-corrected chi connectivity index (χ2v) is 10.5. The first-order valence-corrected chi connectivity index (χ1v) is 12.3. The summed E-state index contributed by atoms with van der Waals surface area (Å²) in [4.78, 5) is 33.7. The van der Waals surface area contributed by atoms with Crippen molar-refractivity contribution in [3.63, 3.8) is 0 Å². The van der Waals surface area contributed by atoms with Gasteiger partial charge in [0.05, 0.1) is 16.4 Å². The summed E-state index contributed by atoms with van der Waals surface area (Å²) < 4.78 is 29.5. The van der Waals surface area contributed by atoms with Crippen LogP contribution in [0, 0.1) is 6.92 Å². The Morgan fingerprint density at radius 3 is 2.71 bits per heavy atom. The van der Waals surface area contributed by atoms with Crippen LogP contribution in [0.1, 0.15) is 72.4 Å². The van der Waals surface area contributed by atoms with E-state index >= 15 is 0 Å². The van der Waals surface area contributed by atoms with Crippen LogP contribution >= 0.6 is 11.3 Å². The number of thiazole rings is 1. The third-order valence-electron chi connectivity index (χ3n) is 7.33. The normalized spacial score (nSPS) is 19.3. The average molecular weight is 489 g/mol. The average Bonchev–Trinajstić information content (AvgIpc) is 3.40. The van der Waals surface area contributed by atoms with E-state index in [4.69, 9.17) is 4.98 Å². The molecule has 0 saturated heterocycles. The number of nitrogens with one attached hydrogen (secondary N) is 1. The number of halogens is 2. The first-order valence-electron chi connectivity index (χ1n) is 11.4. The highest BCUT2D eigenvalue weighted by atomic mass is 32.1. The third-order valence-corrected chi connectivity index (χ3v) is 8.11. The van der Waals surface area contributed by atoms with Gasteiger partial charge in [-0.2, -0.15) is 0 Å². The number of aromatic carboxylic acids is 1. The molecule has 0 unspecified atom stereocenters. The lowest BCUT2D eigenvalue weighted by molar-refractivity contribution is -0.0523. The van der Waals surface area contributed by atoms with Crippen LogP contribution in [0.3, 0.4) is 0 Å². The molecule has 1 aliphatic carbocycles. The molecule has 0 amide bonds. The largest absolute Gasteiger partial charge is 0.476 e. The van der Waals surface area contributed by atoms with Crippen molar-refractivity contribution < 1.29 is 18.7 Å². The topological polar surface area (TPSA) is 97.1 Å². The van der Waals surface area contributed by atoms with E-state index in [1.807, 2.05) is 26.0 Å². The Morgan fingerprint density at radius 2 is 2.00 bits per heavy atom. The van der Waals surface area contributed by atoms with Gasteiger partial charge in [-0.15, -0.1) is 11.3 Å². The molecule has 1 saturated carbocycles. The molecule has 10 heteroatoms. The molecule has 2 aliphatic rings. The number of aromatic nitrogens is 3.